The Morgan fingerprint density at radius 3 is 2.55 bits per heavy atom. The highest BCUT2D eigenvalue weighted by molar-refractivity contribution is 5.76. The Morgan fingerprint density at radius 2 is 1.90 bits per heavy atom. The zero-order valence-corrected chi connectivity index (χ0v) is 11.7. The van der Waals surface area contributed by atoms with Gasteiger partial charge in [-0.25, -0.2) is 0 Å². The maximum atomic E-state index is 11.6. The van der Waals surface area contributed by atoms with Gasteiger partial charge in [0.15, 0.2) is 0 Å². The molecule has 0 unspecified atom stereocenters. The van der Waals surface area contributed by atoms with Crippen LogP contribution in [0.3, 0.4) is 0 Å². The second-order valence-corrected chi connectivity index (χ2v) is 4.43. The van der Waals surface area contributed by atoms with Crippen molar-refractivity contribution in [3.05, 3.63) is 35.4 Å². The van der Waals surface area contributed by atoms with E-state index in [9.17, 15) is 9.59 Å². The van der Waals surface area contributed by atoms with E-state index in [0.717, 1.165) is 11.1 Å². The number of hydrogen-bond donors (Lipinski definition) is 2. The van der Waals surface area contributed by atoms with E-state index in [4.69, 9.17) is 9.84 Å². The summed E-state index contributed by atoms with van der Waals surface area (Å²) in [6, 6.07) is 7.78. The zero-order valence-electron chi connectivity index (χ0n) is 11.7. The van der Waals surface area contributed by atoms with E-state index in [1.807, 2.05) is 31.2 Å². The fourth-order valence-electron chi connectivity index (χ4n) is 1.77. The van der Waals surface area contributed by atoms with Gasteiger partial charge in [-0.2, -0.15) is 0 Å². The molecule has 1 aromatic rings. The van der Waals surface area contributed by atoms with Crippen molar-refractivity contribution in [2.75, 3.05) is 6.61 Å². The molecule has 0 aliphatic rings. The molecule has 20 heavy (non-hydrogen) atoms. The van der Waals surface area contributed by atoms with Gasteiger partial charge in [-0.1, -0.05) is 24.3 Å². The molecule has 0 aliphatic carbocycles. The zero-order chi connectivity index (χ0) is 14.8. The van der Waals surface area contributed by atoms with Crippen molar-refractivity contribution in [3.8, 4) is 0 Å². The minimum atomic E-state index is -0.875. The van der Waals surface area contributed by atoms with Gasteiger partial charge in [-0.3, -0.25) is 9.59 Å². The van der Waals surface area contributed by atoms with Crippen molar-refractivity contribution in [1.82, 2.24) is 5.32 Å². The number of carbonyl (C=O) groups excluding carboxylic acids is 1. The molecule has 110 valence electrons. The third kappa shape index (κ3) is 6.33. The lowest BCUT2D eigenvalue weighted by Gasteiger charge is -2.10. The summed E-state index contributed by atoms with van der Waals surface area (Å²) >= 11 is 0. The number of benzene rings is 1. The second-order valence-electron chi connectivity index (χ2n) is 4.43. The summed E-state index contributed by atoms with van der Waals surface area (Å²) in [5, 5.41) is 11.3. The Hall–Kier alpha value is -1.88. The molecule has 0 aliphatic heterocycles. The molecule has 1 rings (SSSR count). The number of carboxylic acids is 1. The highest BCUT2D eigenvalue weighted by Gasteiger charge is 2.06. The smallest absolute Gasteiger partial charge is 0.303 e. The number of hydrogen-bond acceptors (Lipinski definition) is 3. The number of rotatable bonds is 9. The SMILES string of the molecule is CCOCc1ccccc1CNC(=O)CCCC(=O)O. The number of amides is 1. The third-order valence-electron chi connectivity index (χ3n) is 2.85. The van der Waals surface area contributed by atoms with E-state index < -0.39 is 5.97 Å². The number of nitrogens with one attached hydrogen (secondary N) is 1. The monoisotopic (exact) mass is 279 g/mol. The first-order valence-corrected chi connectivity index (χ1v) is 6.76. The van der Waals surface area contributed by atoms with Crippen LogP contribution in [0.25, 0.3) is 0 Å². The van der Waals surface area contributed by atoms with E-state index in [1.54, 1.807) is 0 Å². The van der Waals surface area contributed by atoms with E-state index >= 15 is 0 Å². The Bertz CT molecular complexity index is 445. The van der Waals surface area contributed by atoms with Gasteiger partial charge in [-0.15, -0.1) is 0 Å². The fraction of sp³-hybridized carbons (Fsp3) is 0.467. The molecule has 0 fully saturated rings. The predicted octanol–water partition coefficient (Wildman–Crippen LogP) is 2.09. The summed E-state index contributed by atoms with van der Waals surface area (Å²) in [5.41, 5.74) is 2.08. The fourth-order valence-corrected chi connectivity index (χ4v) is 1.77. The molecule has 1 aromatic carbocycles. The molecule has 0 bridgehead atoms. The maximum absolute atomic E-state index is 11.6. The number of ether oxygens (including phenoxy) is 1. The van der Waals surface area contributed by atoms with E-state index in [-0.39, 0.29) is 18.7 Å². The van der Waals surface area contributed by atoms with Crippen molar-refractivity contribution < 1.29 is 19.4 Å². The van der Waals surface area contributed by atoms with Crippen molar-refractivity contribution in [1.29, 1.82) is 0 Å². The van der Waals surface area contributed by atoms with Gasteiger partial charge in [0.25, 0.3) is 0 Å². The number of carboxylic acid groups (broad SMARTS) is 1. The highest BCUT2D eigenvalue weighted by atomic mass is 16.5. The average Bonchev–Trinajstić information content (AvgIpc) is 2.43. The van der Waals surface area contributed by atoms with Crippen molar-refractivity contribution >= 4 is 11.9 Å². The van der Waals surface area contributed by atoms with Gasteiger partial charge in [-0.05, 0) is 24.5 Å². The van der Waals surface area contributed by atoms with Crippen LogP contribution in [-0.4, -0.2) is 23.6 Å². The predicted molar refractivity (Wildman–Crippen MR) is 75.1 cm³/mol. The van der Waals surface area contributed by atoms with Crippen LogP contribution in [0.15, 0.2) is 24.3 Å². The first kappa shape index (κ1) is 16.2. The number of aliphatic carboxylic acids is 1. The quantitative estimate of drug-likeness (QED) is 0.725. The molecule has 0 spiro atoms. The van der Waals surface area contributed by atoms with Crippen LogP contribution in [0.5, 0.6) is 0 Å². The Labute approximate surface area is 118 Å². The molecule has 0 radical (unpaired) electrons. The topological polar surface area (TPSA) is 75.6 Å². The number of carbonyl (C=O) groups is 2. The molecule has 0 heterocycles. The van der Waals surface area contributed by atoms with Gasteiger partial charge < -0.3 is 15.2 Å². The van der Waals surface area contributed by atoms with Crippen LogP contribution in [0, 0.1) is 0 Å². The Morgan fingerprint density at radius 1 is 1.20 bits per heavy atom. The Kier molecular flexibility index (Phi) is 7.35. The van der Waals surface area contributed by atoms with Gasteiger partial charge in [0, 0.05) is 26.0 Å². The molecule has 1 amide bonds. The maximum Gasteiger partial charge on any atom is 0.303 e. The minimum Gasteiger partial charge on any atom is -0.481 e. The summed E-state index contributed by atoms with van der Waals surface area (Å²) in [6.07, 6.45) is 0.621. The van der Waals surface area contributed by atoms with Crippen LogP contribution >= 0.6 is 0 Å². The average molecular weight is 279 g/mol. The highest BCUT2D eigenvalue weighted by Crippen LogP contribution is 2.10. The lowest BCUT2D eigenvalue weighted by Crippen LogP contribution is -2.23. The first-order chi connectivity index (χ1) is 9.63. The van der Waals surface area contributed by atoms with Gasteiger partial charge in [0.2, 0.25) is 5.91 Å². The molecule has 0 saturated carbocycles. The van der Waals surface area contributed by atoms with E-state index in [2.05, 4.69) is 5.32 Å². The summed E-state index contributed by atoms with van der Waals surface area (Å²) in [5.74, 6) is -1.00. The summed E-state index contributed by atoms with van der Waals surface area (Å²) in [6.45, 7) is 3.55. The Balaban J connectivity index is 2.40. The third-order valence-corrected chi connectivity index (χ3v) is 2.85. The normalized spacial score (nSPS) is 10.2. The summed E-state index contributed by atoms with van der Waals surface area (Å²) in [7, 11) is 0. The minimum absolute atomic E-state index is 0.0222. The molecule has 2 N–H and O–H groups in total. The van der Waals surface area contributed by atoms with Crippen LogP contribution in [0.2, 0.25) is 0 Å². The molecular formula is C15H21NO4. The molecule has 0 saturated heterocycles. The molecular weight excluding hydrogens is 258 g/mol. The summed E-state index contributed by atoms with van der Waals surface area (Å²) in [4.78, 5) is 21.9. The van der Waals surface area contributed by atoms with Gasteiger partial charge in [0.1, 0.15) is 0 Å². The molecule has 0 atom stereocenters. The summed E-state index contributed by atoms with van der Waals surface area (Å²) < 4.78 is 5.38. The van der Waals surface area contributed by atoms with Crippen LogP contribution in [0.4, 0.5) is 0 Å². The van der Waals surface area contributed by atoms with Gasteiger partial charge >= 0.3 is 5.97 Å². The lowest BCUT2D eigenvalue weighted by molar-refractivity contribution is -0.137. The molecule has 5 nitrogen and oxygen atoms in total. The van der Waals surface area contributed by atoms with Crippen LogP contribution < -0.4 is 5.32 Å². The van der Waals surface area contributed by atoms with Crippen LogP contribution in [-0.2, 0) is 27.5 Å². The van der Waals surface area contributed by atoms with Crippen molar-refractivity contribution in [2.45, 2.75) is 39.3 Å². The first-order valence-electron chi connectivity index (χ1n) is 6.76. The van der Waals surface area contributed by atoms with Crippen molar-refractivity contribution in [2.24, 2.45) is 0 Å². The van der Waals surface area contributed by atoms with E-state index in [0.29, 0.717) is 26.2 Å². The largest absolute Gasteiger partial charge is 0.481 e. The van der Waals surface area contributed by atoms with Crippen LogP contribution in [0.1, 0.15) is 37.3 Å². The molecule has 5 heteroatoms. The molecule has 0 aromatic heterocycles. The standard InChI is InChI=1S/C15H21NO4/c1-2-20-11-13-7-4-3-6-12(13)10-16-14(17)8-5-9-15(18)19/h3-4,6-7H,2,5,8-11H2,1H3,(H,16,17)(H,18,19). The van der Waals surface area contributed by atoms with Crippen molar-refractivity contribution in [3.63, 3.8) is 0 Å². The second kappa shape index (κ2) is 9.09. The lowest BCUT2D eigenvalue weighted by atomic mass is 10.1. The van der Waals surface area contributed by atoms with Gasteiger partial charge in [0.05, 0.1) is 6.61 Å². The van der Waals surface area contributed by atoms with E-state index in [1.165, 1.54) is 0 Å².